The number of anilines is 1. The number of imidazole rings is 1. The number of rotatable bonds is 7. The number of alkyl halides is 1. The number of halogens is 2. The Morgan fingerprint density at radius 2 is 2.06 bits per heavy atom. The topological polar surface area (TPSA) is 104 Å². The van der Waals surface area contributed by atoms with E-state index in [1.54, 1.807) is 22.8 Å². The molecule has 3 N–H and O–H groups in total. The van der Waals surface area contributed by atoms with Gasteiger partial charge in [-0.15, -0.1) is 0 Å². The van der Waals surface area contributed by atoms with Crippen molar-refractivity contribution in [1.29, 1.82) is 0 Å². The van der Waals surface area contributed by atoms with E-state index in [1.807, 2.05) is 0 Å². The molecule has 3 heterocycles. The predicted molar refractivity (Wildman–Crippen MR) is 116 cm³/mol. The van der Waals surface area contributed by atoms with E-state index in [1.165, 1.54) is 26.2 Å². The van der Waals surface area contributed by atoms with Gasteiger partial charge in [-0.2, -0.15) is 5.10 Å². The summed E-state index contributed by atoms with van der Waals surface area (Å²) in [6, 6.07) is 3.46. The molecule has 164 valence electrons. The van der Waals surface area contributed by atoms with Crippen LogP contribution in [0.5, 0.6) is 0 Å². The molecule has 31 heavy (non-hydrogen) atoms. The summed E-state index contributed by atoms with van der Waals surface area (Å²) in [5.41, 5.74) is 1.04. The van der Waals surface area contributed by atoms with Crippen LogP contribution < -0.4 is 10.6 Å². The van der Waals surface area contributed by atoms with Gasteiger partial charge in [-0.05, 0) is 39.7 Å². The summed E-state index contributed by atoms with van der Waals surface area (Å²) in [6.07, 6.45) is 4.96. The van der Waals surface area contributed by atoms with Gasteiger partial charge in [0.05, 0.1) is 46.5 Å². The molecule has 3 aromatic heterocycles. The lowest BCUT2D eigenvalue weighted by atomic mass is 10.0. The predicted octanol–water partition coefficient (Wildman–Crippen LogP) is 3.25. The zero-order valence-electron chi connectivity index (χ0n) is 17.5. The van der Waals surface area contributed by atoms with Crippen LogP contribution in [0.1, 0.15) is 44.0 Å². The van der Waals surface area contributed by atoms with E-state index >= 15 is 0 Å². The number of amides is 1. The lowest BCUT2D eigenvalue weighted by Crippen LogP contribution is -2.42. The number of pyridine rings is 1. The first-order valence-electron chi connectivity index (χ1n) is 9.98. The van der Waals surface area contributed by atoms with Crippen LogP contribution in [0.2, 0.25) is 5.02 Å². The van der Waals surface area contributed by atoms with Crippen molar-refractivity contribution in [3.63, 3.8) is 0 Å². The van der Waals surface area contributed by atoms with Crippen molar-refractivity contribution in [1.82, 2.24) is 24.9 Å². The molecule has 0 unspecified atom stereocenters. The number of fused-ring (bicyclic) bond motifs is 1. The largest absolute Gasteiger partial charge is 0.387 e. The summed E-state index contributed by atoms with van der Waals surface area (Å²) in [7, 11) is 0. The van der Waals surface area contributed by atoms with Crippen LogP contribution in [0.15, 0.2) is 30.7 Å². The molecule has 8 nitrogen and oxygen atoms in total. The Morgan fingerprint density at radius 1 is 1.32 bits per heavy atom. The molecular weight excluding hydrogens is 423 g/mol. The molecule has 1 aliphatic carbocycles. The Bertz CT molecular complexity index is 1140. The van der Waals surface area contributed by atoms with Crippen molar-refractivity contribution in [2.24, 2.45) is 0 Å². The highest BCUT2D eigenvalue weighted by atomic mass is 35.5. The lowest BCUT2D eigenvalue weighted by Gasteiger charge is -2.23. The van der Waals surface area contributed by atoms with E-state index < -0.39 is 17.7 Å². The van der Waals surface area contributed by atoms with Gasteiger partial charge in [0.15, 0.2) is 5.65 Å². The maximum atomic E-state index is 14.1. The van der Waals surface area contributed by atoms with Crippen LogP contribution in [0.3, 0.4) is 0 Å². The Labute approximate surface area is 183 Å². The number of nitrogens with zero attached hydrogens (tertiary/aromatic N) is 4. The van der Waals surface area contributed by atoms with Gasteiger partial charge in [-0.3, -0.25) is 9.78 Å². The number of carbonyl (C=O) groups is 1. The minimum atomic E-state index is -1.60. The molecule has 0 radical (unpaired) electrons. The Kier molecular flexibility index (Phi) is 5.35. The smallest absolute Gasteiger partial charge is 0.255 e. The normalized spacial score (nSPS) is 16.2. The van der Waals surface area contributed by atoms with Crippen LogP contribution in [0.25, 0.3) is 17.0 Å². The fraction of sp³-hybridized carbons (Fsp3) is 0.429. The Balaban J connectivity index is 1.65. The first-order valence-corrected chi connectivity index (χ1v) is 10.4. The lowest BCUT2D eigenvalue weighted by molar-refractivity contribution is -0.00177. The third-order valence-electron chi connectivity index (χ3n) is 5.38. The molecule has 4 rings (SSSR count). The number of aromatic nitrogens is 4. The molecule has 0 spiro atoms. The highest BCUT2D eigenvalue weighted by Crippen LogP contribution is 2.39. The van der Waals surface area contributed by atoms with E-state index in [0.717, 1.165) is 12.8 Å². The van der Waals surface area contributed by atoms with Crippen molar-refractivity contribution in [2.45, 2.75) is 50.9 Å². The van der Waals surface area contributed by atoms with Crippen LogP contribution >= 0.6 is 11.6 Å². The average Bonchev–Trinajstić information content (AvgIpc) is 3.28. The number of nitrogens with one attached hydrogen (secondary N) is 2. The van der Waals surface area contributed by atoms with Crippen molar-refractivity contribution in [3.05, 3.63) is 41.3 Å². The standard InChI is InChI=1S/C21H24ClFN6O2/c1-20(2,31)17(23)11-26-19(30)13-9-24-15(7-14(13)28-21(3)4-5-21)16-10-25-18-6-12(22)8-27-29(16)18/h6-10,17,31H,4-5,11H2,1-3H3,(H,24,28)(H,26,30)/t17-/m0/s1. The van der Waals surface area contributed by atoms with Crippen molar-refractivity contribution >= 4 is 28.8 Å². The van der Waals surface area contributed by atoms with E-state index in [-0.39, 0.29) is 12.1 Å². The summed E-state index contributed by atoms with van der Waals surface area (Å²) in [6.45, 7) is 4.48. The van der Waals surface area contributed by atoms with E-state index in [0.29, 0.717) is 33.3 Å². The zero-order valence-corrected chi connectivity index (χ0v) is 18.2. The van der Waals surface area contributed by atoms with Gasteiger partial charge in [-0.1, -0.05) is 11.6 Å². The maximum absolute atomic E-state index is 14.1. The second-order valence-corrected chi connectivity index (χ2v) is 9.16. The van der Waals surface area contributed by atoms with Crippen molar-refractivity contribution in [2.75, 3.05) is 11.9 Å². The molecule has 1 atom stereocenters. The molecule has 10 heteroatoms. The zero-order chi connectivity index (χ0) is 22.4. The average molecular weight is 447 g/mol. The molecule has 1 saturated carbocycles. The molecular formula is C21H24ClFN6O2. The highest BCUT2D eigenvalue weighted by Gasteiger charge is 2.38. The molecule has 0 saturated heterocycles. The van der Waals surface area contributed by atoms with Gasteiger partial charge in [0.2, 0.25) is 0 Å². The summed E-state index contributed by atoms with van der Waals surface area (Å²) in [4.78, 5) is 21.5. The van der Waals surface area contributed by atoms with Crippen LogP contribution in [0, 0.1) is 0 Å². The van der Waals surface area contributed by atoms with E-state index in [4.69, 9.17) is 11.6 Å². The minimum absolute atomic E-state index is 0.103. The first-order chi connectivity index (χ1) is 14.6. The molecule has 0 aliphatic heterocycles. The minimum Gasteiger partial charge on any atom is -0.387 e. The highest BCUT2D eigenvalue weighted by molar-refractivity contribution is 6.30. The quantitative estimate of drug-likeness (QED) is 0.514. The van der Waals surface area contributed by atoms with Crippen LogP contribution in [0.4, 0.5) is 10.1 Å². The third kappa shape index (κ3) is 4.62. The fourth-order valence-electron chi connectivity index (χ4n) is 3.07. The molecule has 0 bridgehead atoms. The van der Waals surface area contributed by atoms with Crippen molar-refractivity contribution in [3.8, 4) is 11.4 Å². The molecule has 1 fully saturated rings. The summed E-state index contributed by atoms with van der Waals surface area (Å²) < 4.78 is 15.7. The summed E-state index contributed by atoms with van der Waals surface area (Å²) in [5, 5.41) is 20.5. The van der Waals surface area contributed by atoms with Gasteiger partial charge in [0.1, 0.15) is 11.9 Å². The monoisotopic (exact) mass is 446 g/mol. The number of aliphatic hydroxyl groups is 1. The number of hydrogen-bond donors (Lipinski definition) is 3. The van der Waals surface area contributed by atoms with Gasteiger partial charge in [-0.25, -0.2) is 13.9 Å². The molecule has 3 aromatic rings. The maximum Gasteiger partial charge on any atom is 0.255 e. The second-order valence-electron chi connectivity index (χ2n) is 8.72. The summed E-state index contributed by atoms with van der Waals surface area (Å²) in [5.74, 6) is -0.472. The first kappa shape index (κ1) is 21.5. The van der Waals surface area contributed by atoms with E-state index in [9.17, 15) is 14.3 Å². The molecule has 1 aliphatic rings. The van der Waals surface area contributed by atoms with Gasteiger partial charge in [0.25, 0.3) is 5.91 Å². The van der Waals surface area contributed by atoms with Crippen LogP contribution in [-0.4, -0.2) is 54.5 Å². The Morgan fingerprint density at radius 3 is 2.74 bits per heavy atom. The van der Waals surface area contributed by atoms with Gasteiger partial charge < -0.3 is 15.7 Å². The molecule has 1 amide bonds. The SMILES string of the molecule is CC1(Nc2cc(-c3cnc4cc(Cl)cnn34)ncc2C(=O)NC[C@H](F)C(C)(C)O)CC1. The number of hydrogen-bond acceptors (Lipinski definition) is 6. The van der Waals surface area contributed by atoms with E-state index in [2.05, 4.69) is 32.6 Å². The van der Waals surface area contributed by atoms with Gasteiger partial charge >= 0.3 is 0 Å². The summed E-state index contributed by atoms with van der Waals surface area (Å²) >= 11 is 5.99. The van der Waals surface area contributed by atoms with Crippen LogP contribution in [-0.2, 0) is 0 Å². The van der Waals surface area contributed by atoms with Crippen molar-refractivity contribution < 1.29 is 14.3 Å². The second kappa shape index (κ2) is 7.72. The Hall–Kier alpha value is -2.78. The molecule has 0 aromatic carbocycles. The fourth-order valence-corrected chi connectivity index (χ4v) is 3.21. The number of carbonyl (C=O) groups excluding carboxylic acids is 1. The third-order valence-corrected chi connectivity index (χ3v) is 5.59. The van der Waals surface area contributed by atoms with Gasteiger partial charge in [0, 0.05) is 17.8 Å².